The Bertz CT molecular complexity index is 569. The second-order valence-electron chi connectivity index (χ2n) is 9.10. The Kier molecular flexibility index (Phi) is 4.91. The molecule has 0 radical (unpaired) electrons. The van der Waals surface area contributed by atoms with E-state index in [1.165, 1.54) is 0 Å². The summed E-state index contributed by atoms with van der Waals surface area (Å²) >= 11 is 0. The standard InChI is InChI=1S/C19H31NO3/c1-12(19(8,9)20(22)23)13-10-14(17(2,3)4)16(21)15(11-13)18(5,6)7/h10-12,21H,1-9H3. The Hall–Kier alpha value is -1.58. The molecular weight excluding hydrogens is 290 g/mol. The Morgan fingerprint density at radius 2 is 1.30 bits per heavy atom. The fraction of sp³-hybridized carbons (Fsp3) is 0.684. The second-order valence-corrected chi connectivity index (χ2v) is 9.10. The molecule has 0 amide bonds. The van der Waals surface area contributed by atoms with Crippen LogP contribution >= 0.6 is 0 Å². The van der Waals surface area contributed by atoms with Gasteiger partial charge in [0.2, 0.25) is 5.54 Å². The lowest BCUT2D eigenvalue weighted by atomic mass is 9.75. The third-order valence-electron chi connectivity index (χ3n) is 4.78. The molecule has 0 aliphatic rings. The monoisotopic (exact) mass is 321 g/mol. The predicted molar refractivity (Wildman–Crippen MR) is 95.0 cm³/mol. The van der Waals surface area contributed by atoms with E-state index in [1.54, 1.807) is 13.8 Å². The Balaban J connectivity index is 3.67. The van der Waals surface area contributed by atoms with Crippen LogP contribution in [0, 0.1) is 10.1 Å². The van der Waals surface area contributed by atoms with Crippen molar-refractivity contribution in [2.75, 3.05) is 0 Å². The lowest BCUT2D eigenvalue weighted by Crippen LogP contribution is -2.37. The minimum atomic E-state index is -1.07. The van der Waals surface area contributed by atoms with Gasteiger partial charge >= 0.3 is 0 Å². The second kappa shape index (κ2) is 5.81. The van der Waals surface area contributed by atoms with E-state index in [0.29, 0.717) is 5.75 Å². The fourth-order valence-electron chi connectivity index (χ4n) is 2.62. The largest absolute Gasteiger partial charge is 0.507 e. The molecule has 0 bridgehead atoms. The molecule has 1 N–H and O–H groups in total. The van der Waals surface area contributed by atoms with Crippen LogP contribution in [-0.2, 0) is 10.8 Å². The van der Waals surface area contributed by atoms with Crippen LogP contribution in [0.3, 0.4) is 0 Å². The van der Waals surface area contributed by atoms with Crippen molar-refractivity contribution in [3.05, 3.63) is 38.9 Å². The molecule has 4 nitrogen and oxygen atoms in total. The van der Waals surface area contributed by atoms with Crippen LogP contribution in [-0.4, -0.2) is 15.6 Å². The summed E-state index contributed by atoms with van der Waals surface area (Å²) in [6.45, 7) is 17.4. The fourth-order valence-corrected chi connectivity index (χ4v) is 2.62. The maximum Gasteiger partial charge on any atom is 0.223 e. The quantitative estimate of drug-likeness (QED) is 0.619. The number of benzene rings is 1. The van der Waals surface area contributed by atoms with Crippen molar-refractivity contribution in [3.8, 4) is 5.75 Å². The molecule has 1 aromatic carbocycles. The van der Waals surface area contributed by atoms with Gasteiger partial charge in [0.1, 0.15) is 5.75 Å². The highest BCUT2D eigenvalue weighted by molar-refractivity contribution is 5.50. The molecule has 0 saturated carbocycles. The first-order valence-corrected chi connectivity index (χ1v) is 8.12. The van der Waals surface area contributed by atoms with E-state index in [-0.39, 0.29) is 21.7 Å². The molecule has 0 fully saturated rings. The van der Waals surface area contributed by atoms with Crippen LogP contribution in [0.1, 0.15) is 84.9 Å². The van der Waals surface area contributed by atoms with Gasteiger partial charge in [-0.15, -0.1) is 0 Å². The molecule has 1 aromatic rings. The lowest BCUT2D eigenvalue weighted by Gasteiger charge is -2.31. The highest BCUT2D eigenvalue weighted by Crippen LogP contribution is 2.42. The van der Waals surface area contributed by atoms with E-state index in [1.807, 2.05) is 60.6 Å². The first kappa shape index (κ1) is 19.5. The van der Waals surface area contributed by atoms with E-state index >= 15 is 0 Å². The van der Waals surface area contributed by atoms with Crippen molar-refractivity contribution in [1.82, 2.24) is 0 Å². The first-order valence-electron chi connectivity index (χ1n) is 8.12. The molecule has 4 heteroatoms. The van der Waals surface area contributed by atoms with Gasteiger partial charge in [-0.05, 0) is 27.5 Å². The highest BCUT2D eigenvalue weighted by atomic mass is 16.6. The molecule has 0 aliphatic heterocycles. The third kappa shape index (κ3) is 3.85. The number of phenols is 1. The van der Waals surface area contributed by atoms with Gasteiger partial charge in [-0.25, -0.2) is 0 Å². The maximum absolute atomic E-state index is 11.4. The van der Waals surface area contributed by atoms with Crippen LogP contribution < -0.4 is 0 Å². The number of nitrogens with zero attached hydrogens (tertiary/aromatic N) is 1. The van der Waals surface area contributed by atoms with Gasteiger partial charge in [-0.2, -0.15) is 0 Å². The number of hydrogen-bond donors (Lipinski definition) is 1. The number of rotatable bonds is 3. The molecule has 0 aromatic heterocycles. The minimum absolute atomic E-state index is 0.224. The number of nitro groups is 1. The zero-order valence-electron chi connectivity index (χ0n) is 15.9. The Morgan fingerprint density at radius 1 is 0.957 bits per heavy atom. The first-order chi connectivity index (χ1) is 10.1. The molecule has 1 unspecified atom stereocenters. The van der Waals surface area contributed by atoms with Gasteiger partial charge in [0.15, 0.2) is 0 Å². The molecule has 0 aliphatic carbocycles. The van der Waals surface area contributed by atoms with Crippen LogP contribution in [0.2, 0.25) is 0 Å². The summed E-state index contributed by atoms with van der Waals surface area (Å²) in [5.41, 5.74) is 1.04. The minimum Gasteiger partial charge on any atom is -0.507 e. The average molecular weight is 321 g/mol. The summed E-state index contributed by atoms with van der Waals surface area (Å²) in [7, 11) is 0. The SMILES string of the molecule is CC(c1cc(C(C)(C)C)c(O)c(C(C)(C)C)c1)C(C)(C)[N+](=O)[O-]. The van der Waals surface area contributed by atoms with E-state index in [4.69, 9.17) is 0 Å². The lowest BCUT2D eigenvalue weighted by molar-refractivity contribution is -0.564. The van der Waals surface area contributed by atoms with Gasteiger partial charge in [0.05, 0.1) is 5.92 Å². The van der Waals surface area contributed by atoms with Crippen LogP contribution in [0.4, 0.5) is 0 Å². The molecule has 1 rings (SSSR count). The van der Waals surface area contributed by atoms with Crippen molar-refractivity contribution >= 4 is 0 Å². The van der Waals surface area contributed by atoms with Crippen molar-refractivity contribution in [2.24, 2.45) is 0 Å². The molecular formula is C19H31NO3. The number of hydrogen-bond acceptors (Lipinski definition) is 3. The smallest absolute Gasteiger partial charge is 0.223 e. The molecule has 0 spiro atoms. The summed E-state index contributed by atoms with van der Waals surface area (Å²) in [5.74, 6) is 0.0418. The van der Waals surface area contributed by atoms with Crippen molar-refractivity contribution in [3.63, 3.8) is 0 Å². The number of aromatic hydroxyl groups is 1. The highest BCUT2D eigenvalue weighted by Gasteiger charge is 2.40. The summed E-state index contributed by atoms with van der Waals surface area (Å²) < 4.78 is 0. The number of phenolic OH excluding ortho intramolecular Hbond substituents is 1. The zero-order chi connectivity index (χ0) is 18.4. The van der Waals surface area contributed by atoms with Gasteiger partial charge in [-0.1, -0.05) is 60.6 Å². The molecule has 23 heavy (non-hydrogen) atoms. The van der Waals surface area contributed by atoms with E-state index in [0.717, 1.165) is 16.7 Å². The van der Waals surface area contributed by atoms with Crippen LogP contribution in [0.5, 0.6) is 5.75 Å². The average Bonchev–Trinajstić information content (AvgIpc) is 2.35. The van der Waals surface area contributed by atoms with E-state index < -0.39 is 5.54 Å². The Labute approximate surface area is 140 Å². The zero-order valence-corrected chi connectivity index (χ0v) is 15.9. The van der Waals surface area contributed by atoms with E-state index in [9.17, 15) is 15.2 Å². The van der Waals surface area contributed by atoms with Crippen molar-refractivity contribution < 1.29 is 10.0 Å². The van der Waals surface area contributed by atoms with Gasteiger partial charge in [-0.3, -0.25) is 10.1 Å². The summed E-state index contributed by atoms with van der Waals surface area (Å²) in [6, 6.07) is 3.86. The predicted octanol–water partition coefficient (Wildman–Crippen LogP) is 5.15. The van der Waals surface area contributed by atoms with E-state index in [2.05, 4.69) is 0 Å². The van der Waals surface area contributed by atoms with Crippen LogP contribution in [0.25, 0.3) is 0 Å². The van der Waals surface area contributed by atoms with Crippen molar-refractivity contribution in [2.45, 2.75) is 84.6 Å². The molecule has 130 valence electrons. The summed E-state index contributed by atoms with van der Waals surface area (Å²) in [6.07, 6.45) is 0. The topological polar surface area (TPSA) is 63.4 Å². The molecule has 1 atom stereocenters. The molecule has 0 saturated heterocycles. The summed E-state index contributed by atoms with van der Waals surface area (Å²) in [4.78, 5) is 11.2. The van der Waals surface area contributed by atoms with Gasteiger partial charge in [0.25, 0.3) is 0 Å². The third-order valence-corrected chi connectivity index (χ3v) is 4.78. The normalized spacial score (nSPS) is 14.7. The summed E-state index contributed by atoms with van der Waals surface area (Å²) in [5, 5.41) is 22.2. The maximum atomic E-state index is 11.4. The van der Waals surface area contributed by atoms with Crippen molar-refractivity contribution in [1.29, 1.82) is 0 Å². The van der Waals surface area contributed by atoms with Crippen LogP contribution in [0.15, 0.2) is 12.1 Å². The molecule has 0 heterocycles. The Morgan fingerprint density at radius 3 is 1.57 bits per heavy atom. The van der Waals surface area contributed by atoms with Gasteiger partial charge in [0, 0.05) is 18.8 Å². The van der Waals surface area contributed by atoms with Gasteiger partial charge < -0.3 is 5.11 Å².